The maximum Gasteiger partial charge on any atom is 0.328 e. The average Bonchev–Trinajstić information content (AvgIpc) is 3.07. The van der Waals surface area contributed by atoms with Gasteiger partial charge in [0.05, 0.1) is 0 Å². The highest BCUT2D eigenvalue weighted by Gasteiger charge is 2.32. The summed E-state index contributed by atoms with van der Waals surface area (Å²) in [6, 6.07) is 10.6. The van der Waals surface area contributed by atoms with Crippen LogP contribution in [0.5, 0.6) is 0 Å². The second kappa shape index (κ2) is 6.52. The molecule has 0 atom stereocenters. The number of halogens is 1. The molecule has 1 aromatic carbocycles. The van der Waals surface area contributed by atoms with Crippen LogP contribution in [-0.4, -0.2) is 23.4 Å². The molecule has 1 aliphatic rings. The monoisotopic (exact) mass is 348 g/mol. The number of carbonyl (C=O) groups is 2. The molecule has 0 saturated carbocycles. The third-order valence-electron chi connectivity index (χ3n) is 3.20. The topological polar surface area (TPSA) is 62.6 Å². The number of nitrogens with zero attached hydrogens (tertiary/aromatic N) is 1. The number of rotatable bonds is 4. The van der Waals surface area contributed by atoms with Gasteiger partial charge in [0, 0.05) is 22.5 Å². The van der Waals surface area contributed by atoms with E-state index >= 15 is 0 Å². The number of furan rings is 1. The molecule has 2 heterocycles. The maximum atomic E-state index is 12.0. The Balaban J connectivity index is 1.75. The summed E-state index contributed by atoms with van der Waals surface area (Å²) in [5.74, 6) is 0.156. The van der Waals surface area contributed by atoms with Crippen molar-refractivity contribution in [3.8, 4) is 0 Å². The van der Waals surface area contributed by atoms with Crippen LogP contribution in [0.1, 0.15) is 12.7 Å². The van der Waals surface area contributed by atoms with Gasteiger partial charge >= 0.3 is 6.03 Å². The van der Waals surface area contributed by atoms with Crippen molar-refractivity contribution >= 4 is 41.4 Å². The Kier molecular flexibility index (Phi) is 4.45. The summed E-state index contributed by atoms with van der Waals surface area (Å²) in [5.41, 5.74) is 0.217. The van der Waals surface area contributed by atoms with Crippen LogP contribution in [-0.2, 0) is 4.79 Å². The van der Waals surface area contributed by atoms with Crippen molar-refractivity contribution < 1.29 is 14.0 Å². The van der Waals surface area contributed by atoms with Crippen molar-refractivity contribution in [3.05, 3.63) is 52.9 Å². The molecule has 1 saturated heterocycles. The Hall–Kier alpha value is -2.18. The number of imide groups is 1. The lowest BCUT2D eigenvalue weighted by atomic mass is 10.3. The van der Waals surface area contributed by atoms with E-state index in [0.29, 0.717) is 22.4 Å². The fraction of sp³-hybridized carbons (Fsp3) is 0.125. The predicted molar refractivity (Wildman–Crippen MR) is 88.2 cm³/mol. The van der Waals surface area contributed by atoms with Crippen molar-refractivity contribution in [1.29, 1.82) is 0 Å². The molecular formula is C16H13ClN2O3S. The first kappa shape index (κ1) is 15.7. The first-order valence-electron chi connectivity index (χ1n) is 6.94. The van der Waals surface area contributed by atoms with Gasteiger partial charge in [-0.05, 0) is 43.3 Å². The van der Waals surface area contributed by atoms with Gasteiger partial charge in [0.1, 0.15) is 11.5 Å². The van der Waals surface area contributed by atoms with Crippen LogP contribution in [0.15, 0.2) is 56.5 Å². The maximum absolute atomic E-state index is 12.0. The Morgan fingerprint density at radius 3 is 2.61 bits per heavy atom. The van der Waals surface area contributed by atoms with Gasteiger partial charge in [-0.25, -0.2) is 4.79 Å². The van der Waals surface area contributed by atoms with Gasteiger partial charge in [-0.3, -0.25) is 9.69 Å². The highest BCUT2D eigenvalue weighted by molar-refractivity contribution is 7.99. The van der Waals surface area contributed by atoms with E-state index in [1.807, 2.05) is 30.3 Å². The van der Waals surface area contributed by atoms with Crippen LogP contribution in [0.3, 0.4) is 0 Å². The molecule has 1 N–H and O–H groups in total. The fourth-order valence-corrected chi connectivity index (χ4v) is 2.99. The molecule has 0 bridgehead atoms. The van der Waals surface area contributed by atoms with Crippen LogP contribution >= 0.6 is 23.4 Å². The summed E-state index contributed by atoms with van der Waals surface area (Å²) in [5, 5.41) is 3.90. The van der Waals surface area contributed by atoms with Crippen LogP contribution < -0.4 is 5.32 Å². The Morgan fingerprint density at radius 2 is 1.96 bits per heavy atom. The van der Waals surface area contributed by atoms with Crippen LogP contribution in [0.2, 0.25) is 5.02 Å². The van der Waals surface area contributed by atoms with Crippen molar-refractivity contribution in [1.82, 2.24) is 10.2 Å². The van der Waals surface area contributed by atoms with Crippen molar-refractivity contribution in [2.75, 3.05) is 6.54 Å². The molecule has 7 heteroatoms. The zero-order valence-electron chi connectivity index (χ0n) is 12.2. The molecule has 0 spiro atoms. The number of nitrogens with one attached hydrogen (secondary N) is 1. The molecule has 5 nitrogen and oxygen atoms in total. The van der Waals surface area contributed by atoms with E-state index in [0.717, 1.165) is 9.80 Å². The van der Waals surface area contributed by atoms with E-state index in [1.54, 1.807) is 13.0 Å². The van der Waals surface area contributed by atoms with Gasteiger partial charge in [0.2, 0.25) is 0 Å². The molecule has 1 fully saturated rings. The van der Waals surface area contributed by atoms with E-state index in [4.69, 9.17) is 16.0 Å². The van der Waals surface area contributed by atoms with Crippen molar-refractivity contribution in [3.63, 3.8) is 0 Å². The van der Waals surface area contributed by atoms with Gasteiger partial charge in [-0.2, -0.15) is 0 Å². The molecular weight excluding hydrogens is 336 g/mol. The molecule has 23 heavy (non-hydrogen) atoms. The highest BCUT2D eigenvalue weighted by Crippen LogP contribution is 2.30. The summed E-state index contributed by atoms with van der Waals surface area (Å²) in [7, 11) is 0. The van der Waals surface area contributed by atoms with Gasteiger partial charge < -0.3 is 9.73 Å². The minimum Gasteiger partial charge on any atom is -0.450 e. The molecule has 2 aromatic rings. The molecule has 1 aliphatic heterocycles. The molecule has 0 unspecified atom stereocenters. The lowest BCUT2D eigenvalue weighted by Crippen LogP contribution is -2.30. The quantitative estimate of drug-likeness (QED) is 0.670. The predicted octanol–water partition coefficient (Wildman–Crippen LogP) is 4.00. The van der Waals surface area contributed by atoms with E-state index in [2.05, 4.69) is 5.32 Å². The number of carbonyl (C=O) groups excluding carboxylic acids is 2. The van der Waals surface area contributed by atoms with E-state index in [1.165, 1.54) is 17.8 Å². The van der Waals surface area contributed by atoms with E-state index in [-0.39, 0.29) is 11.6 Å². The van der Waals surface area contributed by atoms with Gasteiger partial charge in [-0.15, -0.1) is 0 Å². The third kappa shape index (κ3) is 3.43. The van der Waals surface area contributed by atoms with Crippen molar-refractivity contribution in [2.24, 2.45) is 0 Å². The zero-order chi connectivity index (χ0) is 16.4. The first-order chi connectivity index (χ1) is 11.1. The smallest absolute Gasteiger partial charge is 0.328 e. The number of hydrogen-bond acceptors (Lipinski definition) is 4. The molecule has 3 rings (SSSR count). The Labute approximate surface area is 142 Å². The fourth-order valence-electron chi connectivity index (χ4n) is 2.09. The summed E-state index contributed by atoms with van der Waals surface area (Å²) in [4.78, 5) is 25.7. The summed E-state index contributed by atoms with van der Waals surface area (Å²) >= 11 is 7.30. The number of urea groups is 1. The number of hydrogen-bond donors (Lipinski definition) is 1. The number of likely N-dealkylation sites (N-methyl/N-ethyl adjacent to an activating group) is 1. The van der Waals surface area contributed by atoms with E-state index in [9.17, 15) is 9.59 Å². The lowest BCUT2D eigenvalue weighted by Gasteiger charge is -2.05. The van der Waals surface area contributed by atoms with Gasteiger partial charge in [0.25, 0.3) is 5.91 Å². The molecule has 3 amide bonds. The highest BCUT2D eigenvalue weighted by atomic mass is 35.5. The average molecular weight is 349 g/mol. The second-order valence-electron chi connectivity index (χ2n) is 4.75. The normalized spacial score (nSPS) is 16.3. The third-order valence-corrected chi connectivity index (χ3v) is 4.38. The molecule has 118 valence electrons. The van der Waals surface area contributed by atoms with Crippen LogP contribution in [0.25, 0.3) is 6.08 Å². The Morgan fingerprint density at radius 1 is 1.22 bits per heavy atom. The standard InChI is InChI=1S/C16H13ClN2O3S/c1-2-19-15(20)13(18-16(19)21)9-11-5-8-14(22-11)23-12-6-3-10(17)4-7-12/h3-9H,2H2,1H3,(H,18,21)/b13-9+. The van der Waals surface area contributed by atoms with Gasteiger partial charge in [0.15, 0.2) is 5.09 Å². The molecule has 1 aromatic heterocycles. The minimum absolute atomic E-state index is 0.217. The minimum atomic E-state index is -0.411. The molecule has 0 aliphatic carbocycles. The first-order valence-corrected chi connectivity index (χ1v) is 8.14. The van der Waals surface area contributed by atoms with Crippen LogP contribution in [0.4, 0.5) is 4.79 Å². The molecule has 0 radical (unpaired) electrons. The zero-order valence-corrected chi connectivity index (χ0v) is 13.8. The Bertz CT molecular complexity index is 783. The summed E-state index contributed by atoms with van der Waals surface area (Å²) in [6.45, 7) is 2.08. The number of amides is 3. The number of benzene rings is 1. The summed E-state index contributed by atoms with van der Waals surface area (Å²) < 4.78 is 5.66. The summed E-state index contributed by atoms with van der Waals surface area (Å²) in [6.07, 6.45) is 1.53. The lowest BCUT2D eigenvalue weighted by molar-refractivity contribution is -0.122. The van der Waals surface area contributed by atoms with E-state index < -0.39 is 6.03 Å². The SMILES string of the molecule is CCN1C(=O)N/C(=C/c2ccc(Sc3ccc(Cl)cc3)o2)C1=O. The largest absolute Gasteiger partial charge is 0.450 e. The van der Waals surface area contributed by atoms with Crippen molar-refractivity contribution in [2.45, 2.75) is 16.9 Å². The van der Waals surface area contributed by atoms with Gasteiger partial charge in [-0.1, -0.05) is 23.4 Å². The second-order valence-corrected chi connectivity index (χ2v) is 6.26. The van der Waals surface area contributed by atoms with Crippen LogP contribution in [0, 0.1) is 0 Å².